The summed E-state index contributed by atoms with van der Waals surface area (Å²) >= 11 is 0. The zero-order valence-electron chi connectivity index (χ0n) is 20.2. The summed E-state index contributed by atoms with van der Waals surface area (Å²) in [4.78, 5) is 4.21. The van der Waals surface area contributed by atoms with Crippen molar-refractivity contribution in [2.24, 2.45) is 0 Å². The fourth-order valence-corrected chi connectivity index (χ4v) is 5.08. The lowest BCUT2D eigenvalue weighted by Gasteiger charge is -2.17. The van der Waals surface area contributed by atoms with Crippen LogP contribution in [0.1, 0.15) is 17.6 Å². The third-order valence-corrected chi connectivity index (χ3v) is 6.91. The maximum Gasteiger partial charge on any atom is 0.243 e. The van der Waals surface area contributed by atoms with Crippen LogP contribution in [0.2, 0.25) is 0 Å². The number of nitrogens with zero attached hydrogens (tertiary/aromatic N) is 5. The molecule has 0 saturated heterocycles. The third-order valence-electron chi connectivity index (χ3n) is 5.66. The number of nitrogens with one attached hydrogen (secondary N) is 1. The van der Waals surface area contributed by atoms with Gasteiger partial charge in [-0.3, -0.25) is 9.29 Å². The Hall–Kier alpha value is -4.36. The number of methoxy groups -OCH3 is 2. The predicted octanol–water partition coefficient (Wildman–Crippen LogP) is 2.98. The van der Waals surface area contributed by atoms with Gasteiger partial charge in [-0.25, -0.2) is 13.4 Å². The molecule has 12 nitrogen and oxygen atoms in total. The Morgan fingerprint density at radius 2 is 1.81 bits per heavy atom. The minimum atomic E-state index is -4.14. The second kappa shape index (κ2) is 9.59. The zero-order chi connectivity index (χ0) is 26.2. The number of hydrogen-bond donors (Lipinski definition) is 2. The van der Waals surface area contributed by atoms with Crippen molar-refractivity contribution in [3.05, 3.63) is 72.4 Å². The maximum absolute atomic E-state index is 13.2. The summed E-state index contributed by atoms with van der Waals surface area (Å²) in [7, 11) is -1.18. The number of pyridine rings is 1. The Bertz CT molecular complexity index is 1650. The van der Waals surface area contributed by atoms with Crippen LogP contribution in [0.5, 0.6) is 11.5 Å². The topological polar surface area (TPSA) is 146 Å². The van der Waals surface area contributed by atoms with Crippen LogP contribution in [0.25, 0.3) is 22.9 Å². The van der Waals surface area contributed by atoms with Crippen molar-refractivity contribution >= 4 is 21.6 Å². The molecule has 0 spiro atoms. The molecule has 0 aliphatic heterocycles. The van der Waals surface area contributed by atoms with Crippen molar-refractivity contribution in [2.75, 3.05) is 24.7 Å². The molecule has 2 N–H and O–H groups in total. The molecule has 0 fully saturated rings. The zero-order valence-corrected chi connectivity index (χ0v) is 21.0. The number of aliphatic hydroxyl groups excluding tert-OH is 1. The molecule has 0 aliphatic carbocycles. The predicted molar refractivity (Wildman–Crippen MR) is 134 cm³/mol. The van der Waals surface area contributed by atoms with Crippen molar-refractivity contribution in [1.29, 1.82) is 0 Å². The number of rotatable bonds is 9. The number of aromatic nitrogens is 5. The Balaban J connectivity index is 1.56. The molecule has 0 saturated carbocycles. The monoisotopic (exact) mass is 524 g/mol. The van der Waals surface area contributed by atoms with Gasteiger partial charge in [0, 0.05) is 6.20 Å². The normalized spacial score (nSPS) is 12.5. The summed E-state index contributed by atoms with van der Waals surface area (Å²) in [5.74, 6) is 1.18. The van der Waals surface area contributed by atoms with Crippen molar-refractivity contribution in [3.63, 3.8) is 0 Å². The molecule has 0 amide bonds. The Morgan fingerprint density at radius 3 is 2.49 bits per heavy atom. The smallest absolute Gasteiger partial charge is 0.243 e. The number of imidazole rings is 1. The Labute approximate surface area is 212 Å². The number of anilines is 1. The second-order valence-electron chi connectivity index (χ2n) is 8.12. The second-order valence-corrected chi connectivity index (χ2v) is 9.88. The number of sulfonamides is 1. The van der Waals surface area contributed by atoms with Gasteiger partial charge in [-0.05, 0) is 43.3 Å². The molecular formula is C24H24N6O6S. The molecular weight excluding hydrogens is 500 g/mol. The molecule has 0 unspecified atom stereocenters. The lowest BCUT2D eigenvalue weighted by Crippen LogP contribution is -2.24. The van der Waals surface area contributed by atoms with Gasteiger partial charge in [0.25, 0.3) is 0 Å². The first kappa shape index (κ1) is 24.3. The van der Waals surface area contributed by atoms with Crippen molar-refractivity contribution in [3.8, 4) is 28.8 Å². The third kappa shape index (κ3) is 4.61. The minimum absolute atomic E-state index is 0.141. The van der Waals surface area contributed by atoms with Crippen LogP contribution < -0.4 is 14.2 Å². The van der Waals surface area contributed by atoms with Gasteiger partial charge in [0.15, 0.2) is 5.76 Å². The number of hydrogen-bond acceptors (Lipinski definition) is 9. The molecule has 37 heavy (non-hydrogen) atoms. The highest BCUT2D eigenvalue weighted by molar-refractivity contribution is 7.92. The van der Waals surface area contributed by atoms with Gasteiger partial charge in [0.2, 0.25) is 21.8 Å². The molecule has 5 rings (SSSR count). The van der Waals surface area contributed by atoms with E-state index in [-0.39, 0.29) is 11.8 Å². The molecule has 0 aliphatic rings. The summed E-state index contributed by atoms with van der Waals surface area (Å²) in [5.41, 5.74) is 1.28. The first-order valence-electron chi connectivity index (χ1n) is 11.2. The molecule has 13 heteroatoms. The summed E-state index contributed by atoms with van der Waals surface area (Å²) in [6, 6.07) is 13.9. The summed E-state index contributed by atoms with van der Waals surface area (Å²) in [5, 5.41) is 19.1. The van der Waals surface area contributed by atoms with E-state index in [0.717, 1.165) is 0 Å². The van der Waals surface area contributed by atoms with Gasteiger partial charge in [0.05, 0.1) is 26.1 Å². The molecule has 192 valence electrons. The summed E-state index contributed by atoms with van der Waals surface area (Å²) in [6.45, 7) is 1.78. The van der Waals surface area contributed by atoms with Crippen LogP contribution in [0.15, 0.2) is 65.3 Å². The number of aliphatic hydroxyl groups is 1. The van der Waals surface area contributed by atoms with E-state index in [9.17, 15) is 13.5 Å². The Morgan fingerprint density at radius 1 is 1.05 bits per heavy atom. The lowest BCUT2D eigenvalue weighted by molar-refractivity contribution is 0.196. The van der Waals surface area contributed by atoms with E-state index in [2.05, 4.69) is 19.9 Å². The van der Waals surface area contributed by atoms with E-state index in [1.54, 1.807) is 66.1 Å². The van der Waals surface area contributed by atoms with Crippen molar-refractivity contribution in [1.82, 2.24) is 24.1 Å². The summed E-state index contributed by atoms with van der Waals surface area (Å²) < 4.78 is 48.8. The van der Waals surface area contributed by atoms with Gasteiger partial charge in [-0.1, -0.05) is 12.1 Å². The highest BCUT2D eigenvalue weighted by atomic mass is 32.2. The standard InChI is InChI=1S/C24H24N6O6S/c1-15-10-11-20(36-15)23-26-27-24(30(23)22-18(34-2)7-6-8-19(22)35-3)28-37(32,33)14-17(31)16-13-25-21-9-4-5-12-29(16)21/h4-13,17,31H,14H2,1-3H3,(H,27,28)/t17-/m0/s1. The van der Waals surface area contributed by atoms with E-state index < -0.39 is 21.9 Å². The van der Waals surface area contributed by atoms with Crippen LogP contribution in [0.4, 0.5) is 5.95 Å². The number of ether oxygens (including phenoxy) is 2. The van der Waals surface area contributed by atoms with Crippen LogP contribution in [0.3, 0.4) is 0 Å². The van der Waals surface area contributed by atoms with E-state index in [1.807, 2.05) is 0 Å². The van der Waals surface area contributed by atoms with Crippen molar-refractivity contribution < 1.29 is 27.4 Å². The Kier molecular flexibility index (Phi) is 6.31. The first-order chi connectivity index (χ1) is 17.8. The quantitative estimate of drug-likeness (QED) is 0.297. The van der Waals surface area contributed by atoms with E-state index in [1.165, 1.54) is 25.0 Å². The maximum atomic E-state index is 13.2. The molecule has 5 aromatic rings. The van der Waals surface area contributed by atoms with Gasteiger partial charge >= 0.3 is 0 Å². The summed E-state index contributed by atoms with van der Waals surface area (Å²) in [6.07, 6.45) is 1.78. The van der Waals surface area contributed by atoms with Crippen LogP contribution in [0, 0.1) is 6.92 Å². The molecule has 4 aromatic heterocycles. The van der Waals surface area contributed by atoms with E-state index >= 15 is 0 Å². The number of fused-ring (bicyclic) bond motifs is 1. The lowest BCUT2D eigenvalue weighted by atomic mass is 10.2. The average molecular weight is 525 g/mol. The number of benzene rings is 1. The molecule has 0 radical (unpaired) electrons. The van der Waals surface area contributed by atoms with Gasteiger partial charge < -0.3 is 23.4 Å². The molecule has 4 heterocycles. The molecule has 1 aromatic carbocycles. The minimum Gasteiger partial charge on any atom is -0.494 e. The van der Waals surface area contributed by atoms with E-state index in [0.29, 0.717) is 40.0 Å². The fraction of sp³-hybridized carbons (Fsp3) is 0.208. The van der Waals surface area contributed by atoms with Gasteiger partial charge in [0.1, 0.15) is 40.5 Å². The number of aryl methyl sites for hydroxylation is 1. The van der Waals surface area contributed by atoms with Crippen molar-refractivity contribution in [2.45, 2.75) is 13.0 Å². The van der Waals surface area contributed by atoms with E-state index in [4.69, 9.17) is 13.9 Å². The largest absolute Gasteiger partial charge is 0.494 e. The molecule has 1 atom stereocenters. The SMILES string of the molecule is COc1cccc(OC)c1-n1c(NS(=O)(=O)C[C@H](O)c2cnc3ccccn23)nnc1-c1ccc(C)o1. The molecule has 0 bridgehead atoms. The average Bonchev–Trinajstić information content (AvgIpc) is 3.61. The number of furan rings is 1. The fourth-order valence-electron chi connectivity index (χ4n) is 4.00. The van der Waals surface area contributed by atoms with Gasteiger partial charge in [-0.2, -0.15) is 0 Å². The number of para-hydroxylation sites is 1. The van der Waals surface area contributed by atoms with Crippen LogP contribution in [-0.4, -0.2) is 57.6 Å². The highest BCUT2D eigenvalue weighted by Crippen LogP contribution is 2.38. The van der Waals surface area contributed by atoms with Crippen LogP contribution in [-0.2, 0) is 10.0 Å². The van der Waals surface area contributed by atoms with Crippen LogP contribution >= 0.6 is 0 Å². The first-order valence-corrected chi connectivity index (χ1v) is 12.8. The van der Waals surface area contributed by atoms with Gasteiger partial charge in [-0.15, -0.1) is 10.2 Å². The highest BCUT2D eigenvalue weighted by Gasteiger charge is 2.28.